The zero-order valence-corrected chi connectivity index (χ0v) is 18.7. The van der Waals surface area contributed by atoms with Crippen molar-refractivity contribution in [2.24, 2.45) is 0 Å². The van der Waals surface area contributed by atoms with Gasteiger partial charge in [0, 0.05) is 12.1 Å². The molecule has 0 aliphatic heterocycles. The van der Waals surface area contributed by atoms with Gasteiger partial charge in [0.15, 0.2) is 0 Å². The summed E-state index contributed by atoms with van der Waals surface area (Å²) >= 11 is 0. The summed E-state index contributed by atoms with van der Waals surface area (Å²) in [6.45, 7) is 2.67. The van der Waals surface area contributed by atoms with E-state index in [2.05, 4.69) is 30.2 Å². The maximum Gasteiger partial charge on any atom is 0.275 e. The average Bonchev–Trinajstić information content (AvgIpc) is 2.88. The zero-order valence-electron chi connectivity index (χ0n) is 18.7. The van der Waals surface area contributed by atoms with Crippen LogP contribution in [-0.4, -0.2) is 16.9 Å². The van der Waals surface area contributed by atoms with Gasteiger partial charge in [0.2, 0.25) is 0 Å². The van der Waals surface area contributed by atoms with Gasteiger partial charge in [-0.1, -0.05) is 61.5 Å². The van der Waals surface area contributed by atoms with Gasteiger partial charge in [-0.3, -0.25) is 4.79 Å². The first kappa shape index (κ1) is 22.0. The molecule has 0 aliphatic carbocycles. The Morgan fingerprint density at radius 1 is 1.00 bits per heavy atom. The summed E-state index contributed by atoms with van der Waals surface area (Å²) in [6, 6.07) is 27.1. The fraction of sp³-hybridized carbons (Fsp3) is 0.179. The second-order valence-electron chi connectivity index (χ2n) is 7.98. The lowest BCUT2D eigenvalue weighted by molar-refractivity contribution is 0.415. The second kappa shape index (κ2) is 9.97. The minimum atomic E-state index is -0.153. The molecule has 5 heteroatoms. The predicted octanol–water partition coefficient (Wildman–Crippen LogP) is 5.65. The molecular weight excluding hydrogens is 410 g/mol. The Morgan fingerprint density at radius 2 is 1.76 bits per heavy atom. The Labute approximate surface area is 193 Å². The Kier molecular flexibility index (Phi) is 6.66. The first-order valence-electron chi connectivity index (χ1n) is 10.9. The summed E-state index contributed by atoms with van der Waals surface area (Å²) in [7, 11) is 1.61. The molecule has 0 bridgehead atoms. The number of hydrogen-bond donors (Lipinski definition) is 0. The smallest absolute Gasteiger partial charge is 0.275 e. The fourth-order valence-electron chi connectivity index (χ4n) is 3.92. The third kappa shape index (κ3) is 4.86. The normalized spacial score (nSPS) is 11.5. The van der Waals surface area contributed by atoms with Crippen molar-refractivity contribution in [2.45, 2.75) is 25.8 Å². The van der Waals surface area contributed by atoms with E-state index < -0.39 is 0 Å². The number of aryl methyl sites for hydroxylation is 1. The number of nitrogens with zero attached hydrogens (tertiary/aromatic N) is 3. The lowest BCUT2D eigenvalue weighted by Crippen LogP contribution is -2.25. The van der Waals surface area contributed by atoms with E-state index in [4.69, 9.17) is 4.74 Å². The van der Waals surface area contributed by atoms with Gasteiger partial charge < -0.3 is 4.74 Å². The van der Waals surface area contributed by atoms with Crippen LogP contribution in [0.25, 0.3) is 22.3 Å². The van der Waals surface area contributed by atoms with Crippen molar-refractivity contribution >= 4 is 0 Å². The molecule has 0 radical (unpaired) electrons. The molecule has 0 fully saturated rings. The zero-order chi connectivity index (χ0) is 23.2. The van der Waals surface area contributed by atoms with Crippen molar-refractivity contribution < 1.29 is 4.74 Å². The molecule has 4 rings (SSSR count). The van der Waals surface area contributed by atoms with Crippen molar-refractivity contribution in [1.29, 1.82) is 5.26 Å². The van der Waals surface area contributed by atoms with Crippen LogP contribution in [0.3, 0.4) is 0 Å². The van der Waals surface area contributed by atoms with Crippen LogP contribution in [0.1, 0.15) is 30.4 Å². The summed E-state index contributed by atoms with van der Waals surface area (Å²) in [4.78, 5) is 13.6. The summed E-state index contributed by atoms with van der Waals surface area (Å²) in [6.07, 6.45) is 2.52. The molecule has 1 unspecified atom stereocenters. The molecule has 5 nitrogen and oxygen atoms in total. The van der Waals surface area contributed by atoms with E-state index in [-0.39, 0.29) is 5.56 Å². The van der Waals surface area contributed by atoms with Gasteiger partial charge in [0.05, 0.1) is 30.5 Å². The van der Waals surface area contributed by atoms with Gasteiger partial charge in [0.1, 0.15) is 5.75 Å². The molecule has 1 aromatic heterocycles. The van der Waals surface area contributed by atoms with Gasteiger partial charge in [0.25, 0.3) is 5.56 Å². The average molecular weight is 436 g/mol. The molecule has 3 aromatic carbocycles. The molecule has 33 heavy (non-hydrogen) atoms. The largest absolute Gasteiger partial charge is 0.497 e. The van der Waals surface area contributed by atoms with E-state index in [1.165, 1.54) is 10.2 Å². The van der Waals surface area contributed by atoms with Crippen molar-refractivity contribution in [3.05, 3.63) is 107 Å². The van der Waals surface area contributed by atoms with E-state index in [1.807, 2.05) is 54.6 Å². The summed E-state index contributed by atoms with van der Waals surface area (Å²) < 4.78 is 6.82. The number of benzene rings is 3. The lowest BCUT2D eigenvalue weighted by atomic mass is 9.96. The molecule has 0 saturated heterocycles. The predicted molar refractivity (Wildman–Crippen MR) is 130 cm³/mol. The first-order chi connectivity index (χ1) is 16.1. The Morgan fingerprint density at radius 3 is 2.45 bits per heavy atom. The third-order valence-electron chi connectivity index (χ3n) is 5.87. The third-order valence-corrected chi connectivity index (χ3v) is 5.87. The molecule has 4 aromatic rings. The van der Waals surface area contributed by atoms with Gasteiger partial charge in [-0.15, -0.1) is 0 Å². The maximum atomic E-state index is 13.6. The maximum absolute atomic E-state index is 13.6. The van der Waals surface area contributed by atoms with Crippen molar-refractivity contribution in [2.75, 3.05) is 7.11 Å². The molecule has 164 valence electrons. The van der Waals surface area contributed by atoms with Gasteiger partial charge >= 0.3 is 0 Å². The Bertz CT molecular complexity index is 1340. The minimum Gasteiger partial charge on any atom is -0.497 e. The van der Waals surface area contributed by atoms with Gasteiger partial charge in [-0.05, 0) is 53.3 Å². The van der Waals surface area contributed by atoms with Crippen molar-refractivity contribution in [3.8, 4) is 34.1 Å². The highest BCUT2D eigenvalue weighted by Gasteiger charge is 2.16. The standard InChI is InChI=1S/C28H25N3O2/c1-20(22-8-4-3-5-9-22)15-16-31-28(32)27(23-11-13-25(33-2)14-12-23)26(19-30-31)24-10-6-7-21(17-24)18-29/h3-14,17,19-20H,15-16H2,1-2H3. The number of methoxy groups -OCH3 is 1. The van der Waals surface area contributed by atoms with Gasteiger partial charge in [-0.2, -0.15) is 10.4 Å². The van der Waals surface area contributed by atoms with E-state index >= 15 is 0 Å². The fourth-order valence-corrected chi connectivity index (χ4v) is 3.92. The summed E-state index contributed by atoms with van der Waals surface area (Å²) in [5.74, 6) is 1.02. The second-order valence-corrected chi connectivity index (χ2v) is 7.98. The van der Waals surface area contributed by atoms with Gasteiger partial charge in [-0.25, -0.2) is 4.68 Å². The minimum absolute atomic E-state index is 0.153. The van der Waals surface area contributed by atoms with Crippen molar-refractivity contribution in [3.63, 3.8) is 0 Å². The summed E-state index contributed by atoms with van der Waals surface area (Å²) in [5.41, 5.74) is 4.46. The Balaban J connectivity index is 1.75. The topological polar surface area (TPSA) is 67.9 Å². The highest BCUT2D eigenvalue weighted by molar-refractivity contribution is 5.82. The number of nitriles is 1. The van der Waals surface area contributed by atoms with Crippen LogP contribution < -0.4 is 10.3 Å². The van der Waals surface area contributed by atoms with Crippen LogP contribution in [-0.2, 0) is 6.54 Å². The number of ether oxygens (including phenoxy) is 1. The van der Waals surface area contributed by atoms with E-state index in [1.54, 1.807) is 25.4 Å². The molecule has 1 atom stereocenters. The van der Waals surface area contributed by atoms with Crippen molar-refractivity contribution in [1.82, 2.24) is 9.78 Å². The van der Waals surface area contributed by atoms with Crippen LogP contribution in [0.15, 0.2) is 89.9 Å². The van der Waals surface area contributed by atoms with Crippen LogP contribution in [0.4, 0.5) is 0 Å². The molecule has 0 saturated carbocycles. The van der Waals surface area contributed by atoms with Crippen LogP contribution >= 0.6 is 0 Å². The first-order valence-corrected chi connectivity index (χ1v) is 10.9. The molecular formula is C28H25N3O2. The summed E-state index contributed by atoms with van der Waals surface area (Å²) in [5, 5.41) is 13.8. The highest BCUT2D eigenvalue weighted by Crippen LogP contribution is 2.30. The van der Waals surface area contributed by atoms with E-state index in [9.17, 15) is 10.1 Å². The molecule has 0 N–H and O–H groups in total. The molecule has 1 heterocycles. The van der Waals surface area contributed by atoms with Crippen LogP contribution in [0.2, 0.25) is 0 Å². The SMILES string of the molecule is COc1ccc(-c2c(-c3cccc(C#N)c3)cnn(CCC(C)c3ccccc3)c2=O)cc1. The monoisotopic (exact) mass is 435 g/mol. The van der Waals surface area contributed by atoms with Crippen LogP contribution in [0.5, 0.6) is 5.75 Å². The molecule has 0 aliphatic rings. The quantitative estimate of drug-likeness (QED) is 0.376. The highest BCUT2D eigenvalue weighted by atomic mass is 16.5. The number of hydrogen-bond acceptors (Lipinski definition) is 4. The van der Waals surface area contributed by atoms with Crippen LogP contribution in [0, 0.1) is 11.3 Å². The molecule has 0 amide bonds. The number of rotatable bonds is 7. The lowest BCUT2D eigenvalue weighted by Gasteiger charge is -2.15. The molecule has 0 spiro atoms. The number of aromatic nitrogens is 2. The Hall–Kier alpha value is -4.17. The van der Waals surface area contributed by atoms with E-state index in [0.717, 1.165) is 23.3 Å². The van der Waals surface area contributed by atoms with E-state index in [0.29, 0.717) is 29.2 Å².